The van der Waals surface area contributed by atoms with E-state index in [-0.39, 0.29) is 24.3 Å². The fourth-order valence-corrected chi connectivity index (χ4v) is 4.82. The van der Waals surface area contributed by atoms with Crippen molar-refractivity contribution < 1.29 is 9.59 Å². The lowest BCUT2D eigenvalue weighted by atomic mass is 9.95. The van der Waals surface area contributed by atoms with Crippen LogP contribution >= 0.6 is 11.3 Å². The van der Waals surface area contributed by atoms with E-state index in [0.29, 0.717) is 13.1 Å². The first-order valence-electron chi connectivity index (χ1n) is 8.50. The molecule has 2 heterocycles. The fraction of sp³-hybridized carbons (Fsp3) is 0.647. The maximum absolute atomic E-state index is 12.4. The van der Waals surface area contributed by atoms with Crippen LogP contribution in [-0.4, -0.2) is 36.3 Å². The first-order chi connectivity index (χ1) is 11.1. The van der Waals surface area contributed by atoms with Gasteiger partial charge in [-0.25, -0.2) is 0 Å². The van der Waals surface area contributed by atoms with Gasteiger partial charge in [-0.3, -0.25) is 14.5 Å². The molecule has 126 valence electrons. The van der Waals surface area contributed by atoms with Crippen LogP contribution in [0, 0.1) is 5.92 Å². The topological polar surface area (TPSA) is 75.4 Å². The van der Waals surface area contributed by atoms with E-state index in [1.165, 1.54) is 35.3 Å². The predicted octanol–water partition coefficient (Wildman–Crippen LogP) is 1.44. The van der Waals surface area contributed by atoms with E-state index < -0.39 is 0 Å². The van der Waals surface area contributed by atoms with Gasteiger partial charge in [0.2, 0.25) is 11.8 Å². The third-order valence-electron chi connectivity index (χ3n) is 4.86. The number of rotatable bonds is 5. The molecule has 1 aliphatic carbocycles. The molecule has 2 amide bonds. The fourth-order valence-electron chi connectivity index (χ4n) is 3.67. The molecule has 1 atom stereocenters. The van der Waals surface area contributed by atoms with Gasteiger partial charge < -0.3 is 11.1 Å². The summed E-state index contributed by atoms with van der Waals surface area (Å²) in [5, 5.41) is 5.31. The maximum Gasteiger partial charge on any atom is 0.231 e. The van der Waals surface area contributed by atoms with Crippen molar-refractivity contribution in [3.63, 3.8) is 0 Å². The minimum absolute atomic E-state index is 0.0300. The van der Waals surface area contributed by atoms with Gasteiger partial charge in [0, 0.05) is 18.0 Å². The monoisotopic (exact) mass is 335 g/mol. The van der Waals surface area contributed by atoms with Gasteiger partial charge in [0.05, 0.1) is 12.5 Å². The van der Waals surface area contributed by atoms with Gasteiger partial charge in [0.25, 0.3) is 0 Å². The number of hydrogen-bond donors (Lipinski definition) is 2. The van der Waals surface area contributed by atoms with Crippen molar-refractivity contribution in [2.45, 2.75) is 45.1 Å². The third kappa shape index (κ3) is 4.12. The summed E-state index contributed by atoms with van der Waals surface area (Å²) in [5.41, 5.74) is 8.02. The van der Waals surface area contributed by atoms with E-state index in [2.05, 4.69) is 10.7 Å². The normalized spacial score (nSPS) is 21.7. The highest BCUT2D eigenvalue weighted by atomic mass is 32.1. The lowest BCUT2D eigenvalue weighted by molar-refractivity contribution is -0.128. The first-order valence-corrected chi connectivity index (χ1v) is 9.38. The number of primary amides is 1. The van der Waals surface area contributed by atoms with Gasteiger partial charge in [0.15, 0.2) is 0 Å². The quantitative estimate of drug-likeness (QED) is 0.855. The van der Waals surface area contributed by atoms with Gasteiger partial charge in [-0.1, -0.05) is 0 Å². The van der Waals surface area contributed by atoms with Crippen molar-refractivity contribution in [1.29, 1.82) is 0 Å². The average molecular weight is 335 g/mol. The summed E-state index contributed by atoms with van der Waals surface area (Å²) in [6, 6.07) is 0. The lowest BCUT2D eigenvalue weighted by Crippen LogP contribution is -2.45. The third-order valence-corrected chi connectivity index (χ3v) is 5.99. The zero-order valence-corrected chi connectivity index (χ0v) is 14.3. The second-order valence-corrected chi connectivity index (χ2v) is 7.59. The van der Waals surface area contributed by atoms with Gasteiger partial charge in [-0.2, -0.15) is 0 Å². The molecule has 6 heteroatoms. The van der Waals surface area contributed by atoms with Crippen molar-refractivity contribution in [3.8, 4) is 0 Å². The minimum Gasteiger partial charge on any atom is -0.369 e. The van der Waals surface area contributed by atoms with Crippen LogP contribution < -0.4 is 11.1 Å². The van der Waals surface area contributed by atoms with Gasteiger partial charge in [-0.15, -0.1) is 11.3 Å². The smallest absolute Gasteiger partial charge is 0.231 e. The Morgan fingerprint density at radius 3 is 2.96 bits per heavy atom. The zero-order chi connectivity index (χ0) is 16.2. The number of likely N-dealkylation sites (tertiary alicyclic amines) is 1. The van der Waals surface area contributed by atoms with Crippen molar-refractivity contribution in [3.05, 3.63) is 21.4 Å². The molecule has 1 aliphatic heterocycles. The van der Waals surface area contributed by atoms with E-state index >= 15 is 0 Å². The summed E-state index contributed by atoms with van der Waals surface area (Å²) in [6.45, 7) is 2.38. The Morgan fingerprint density at radius 2 is 2.13 bits per heavy atom. The highest BCUT2D eigenvalue weighted by molar-refractivity contribution is 7.10. The molecular formula is C17H25N3O2S. The Bertz CT molecular complexity index is 584. The van der Waals surface area contributed by atoms with Crippen LogP contribution in [-0.2, 0) is 29.0 Å². The SMILES string of the molecule is NC(=O)CN1CCCC(C(=O)NCc2csc3c2CCCC3)C1. The molecule has 3 rings (SSSR count). The standard InChI is InChI=1S/C17H25N3O2S/c18-16(21)10-20-7-3-4-12(9-20)17(22)19-8-13-11-23-15-6-2-1-5-14(13)15/h11-12H,1-10H2,(H2,18,21)(H,19,22). The Balaban J connectivity index is 1.53. The number of carbonyl (C=O) groups is 2. The molecule has 1 fully saturated rings. The van der Waals surface area contributed by atoms with E-state index in [1.807, 2.05) is 16.2 Å². The summed E-state index contributed by atoms with van der Waals surface area (Å²) < 4.78 is 0. The lowest BCUT2D eigenvalue weighted by Gasteiger charge is -2.31. The molecule has 0 bridgehead atoms. The van der Waals surface area contributed by atoms with Crippen LogP contribution in [0.5, 0.6) is 0 Å². The Morgan fingerprint density at radius 1 is 1.30 bits per heavy atom. The van der Waals surface area contributed by atoms with Crippen LogP contribution in [0.4, 0.5) is 0 Å². The Kier molecular flexibility index (Phi) is 5.33. The molecule has 23 heavy (non-hydrogen) atoms. The van der Waals surface area contributed by atoms with E-state index in [0.717, 1.165) is 25.8 Å². The van der Waals surface area contributed by atoms with E-state index in [1.54, 1.807) is 0 Å². The number of nitrogens with one attached hydrogen (secondary N) is 1. The molecular weight excluding hydrogens is 310 g/mol. The molecule has 0 radical (unpaired) electrons. The van der Waals surface area contributed by atoms with E-state index in [4.69, 9.17) is 5.73 Å². The number of thiophene rings is 1. The molecule has 1 aromatic rings. The second-order valence-electron chi connectivity index (χ2n) is 6.63. The summed E-state index contributed by atoms with van der Waals surface area (Å²) in [4.78, 5) is 27.0. The summed E-state index contributed by atoms with van der Waals surface area (Å²) in [6.07, 6.45) is 6.73. The number of nitrogens with two attached hydrogens (primary N) is 1. The molecule has 0 aromatic carbocycles. The number of nitrogens with zero attached hydrogens (tertiary/aromatic N) is 1. The molecule has 5 nitrogen and oxygen atoms in total. The Labute approximate surface area is 141 Å². The maximum atomic E-state index is 12.4. The van der Waals surface area contributed by atoms with Gasteiger partial charge in [0.1, 0.15) is 0 Å². The summed E-state index contributed by atoms with van der Waals surface area (Å²) in [5.74, 6) is -0.247. The van der Waals surface area contributed by atoms with Crippen molar-refractivity contribution in [1.82, 2.24) is 10.2 Å². The highest BCUT2D eigenvalue weighted by Gasteiger charge is 2.26. The molecule has 1 aromatic heterocycles. The number of amides is 2. The average Bonchev–Trinajstić information content (AvgIpc) is 2.95. The van der Waals surface area contributed by atoms with Crippen LogP contribution in [0.1, 0.15) is 41.7 Å². The van der Waals surface area contributed by atoms with Crippen LogP contribution in [0.2, 0.25) is 0 Å². The molecule has 1 saturated heterocycles. The van der Waals surface area contributed by atoms with Crippen molar-refractivity contribution >= 4 is 23.2 Å². The van der Waals surface area contributed by atoms with Crippen molar-refractivity contribution in [2.24, 2.45) is 11.7 Å². The van der Waals surface area contributed by atoms with Crippen LogP contribution in [0.3, 0.4) is 0 Å². The molecule has 2 aliphatic rings. The van der Waals surface area contributed by atoms with Crippen LogP contribution in [0.25, 0.3) is 0 Å². The zero-order valence-electron chi connectivity index (χ0n) is 13.5. The number of hydrogen-bond acceptors (Lipinski definition) is 4. The summed E-state index contributed by atoms with van der Waals surface area (Å²) in [7, 11) is 0. The largest absolute Gasteiger partial charge is 0.369 e. The summed E-state index contributed by atoms with van der Waals surface area (Å²) >= 11 is 1.84. The molecule has 0 saturated carbocycles. The minimum atomic E-state index is -0.323. The highest BCUT2D eigenvalue weighted by Crippen LogP contribution is 2.30. The second kappa shape index (κ2) is 7.45. The predicted molar refractivity (Wildman–Crippen MR) is 91.2 cm³/mol. The number of carbonyl (C=O) groups excluding carboxylic acids is 2. The van der Waals surface area contributed by atoms with Crippen molar-refractivity contribution in [2.75, 3.05) is 19.6 Å². The Hall–Kier alpha value is -1.40. The van der Waals surface area contributed by atoms with Gasteiger partial charge in [-0.05, 0) is 61.6 Å². The number of aryl methyl sites for hydroxylation is 1. The first kappa shape index (κ1) is 16.5. The van der Waals surface area contributed by atoms with Crippen LogP contribution in [0.15, 0.2) is 5.38 Å². The molecule has 1 unspecified atom stereocenters. The van der Waals surface area contributed by atoms with E-state index in [9.17, 15) is 9.59 Å². The molecule has 0 spiro atoms. The number of piperidine rings is 1. The van der Waals surface area contributed by atoms with Gasteiger partial charge >= 0.3 is 0 Å². The molecule has 3 N–H and O–H groups in total. The number of fused-ring (bicyclic) bond motifs is 1.